The first-order valence-corrected chi connectivity index (χ1v) is 12.6. The molecule has 0 saturated carbocycles. The van der Waals surface area contributed by atoms with E-state index in [1.807, 2.05) is 61.5 Å². The number of carbonyl (C=O) groups excluding carboxylic acids is 1. The van der Waals surface area contributed by atoms with Crippen LogP contribution in [0.4, 0.5) is 5.69 Å². The Balaban J connectivity index is 1.55. The Morgan fingerprint density at radius 1 is 0.875 bits per heavy atom. The molecule has 2 aromatic rings. The van der Waals surface area contributed by atoms with Gasteiger partial charge in [0.1, 0.15) is 11.5 Å². The number of nitrogens with zero attached hydrogens (tertiary/aromatic N) is 1. The van der Waals surface area contributed by atoms with Crippen molar-refractivity contribution in [2.24, 2.45) is 0 Å². The molecule has 32 heavy (non-hydrogen) atoms. The highest BCUT2D eigenvalue weighted by Gasteiger charge is 2.33. The maximum atomic E-state index is 13.0. The molecule has 1 aliphatic rings. The molecular formula is C26H31NO3S2. The molecule has 0 bridgehead atoms. The third-order valence-electron chi connectivity index (χ3n) is 5.14. The number of hydrogen-bond acceptors (Lipinski definition) is 5. The summed E-state index contributed by atoms with van der Waals surface area (Å²) in [5.74, 6) is 1.53. The van der Waals surface area contributed by atoms with Crippen LogP contribution in [0.3, 0.4) is 0 Å². The molecule has 1 aliphatic heterocycles. The van der Waals surface area contributed by atoms with E-state index in [1.54, 1.807) is 4.90 Å². The number of anilines is 1. The quantitative estimate of drug-likeness (QED) is 0.186. The van der Waals surface area contributed by atoms with E-state index < -0.39 is 0 Å². The average Bonchev–Trinajstić information content (AvgIpc) is 3.08. The van der Waals surface area contributed by atoms with E-state index in [0.29, 0.717) is 15.8 Å². The van der Waals surface area contributed by atoms with E-state index in [1.165, 1.54) is 43.9 Å². The molecule has 1 saturated heterocycles. The SMILES string of the molecule is CCCCCCCCOc1ccc(C=C2SC(=S)N(c3ccc(OCC)cc3)C2=O)cc1. The Morgan fingerprint density at radius 3 is 2.19 bits per heavy atom. The van der Waals surface area contributed by atoms with Crippen molar-refractivity contribution in [1.29, 1.82) is 0 Å². The van der Waals surface area contributed by atoms with Crippen LogP contribution in [0.1, 0.15) is 57.9 Å². The molecule has 0 unspecified atom stereocenters. The summed E-state index contributed by atoms with van der Waals surface area (Å²) in [6.07, 6.45) is 9.37. The number of benzene rings is 2. The summed E-state index contributed by atoms with van der Waals surface area (Å²) in [6.45, 7) is 5.52. The Kier molecular flexibility index (Phi) is 9.62. The maximum Gasteiger partial charge on any atom is 0.270 e. The van der Waals surface area contributed by atoms with E-state index >= 15 is 0 Å². The second-order valence-corrected chi connectivity index (χ2v) is 9.31. The lowest BCUT2D eigenvalue weighted by molar-refractivity contribution is -0.113. The molecule has 0 atom stereocenters. The van der Waals surface area contributed by atoms with Crippen LogP contribution < -0.4 is 14.4 Å². The fraction of sp³-hybridized carbons (Fsp3) is 0.385. The van der Waals surface area contributed by atoms with Gasteiger partial charge in [-0.2, -0.15) is 0 Å². The number of rotatable bonds is 12. The van der Waals surface area contributed by atoms with E-state index in [9.17, 15) is 4.79 Å². The summed E-state index contributed by atoms with van der Waals surface area (Å²) in [7, 11) is 0. The Hall–Kier alpha value is -2.31. The van der Waals surface area contributed by atoms with Crippen LogP contribution in [-0.2, 0) is 4.79 Å². The van der Waals surface area contributed by atoms with Crippen LogP contribution in [0, 0.1) is 0 Å². The summed E-state index contributed by atoms with van der Waals surface area (Å²) >= 11 is 6.79. The van der Waals surface area contributed by atoms with Crippen LogP contribution in [0.15, 0.2) is 53.4 Å². The fourth-order valence-corrected chi connectivity index (χ4v) is 4.73. The van der Waals surface area contributed by atoms with Crippen molar-refractivity contribution >= 4 is 46.0 Å². The molecule has 0 N–H and O–H groups in total. The normalized spacial score (nSPS) is 14.9. The van der Waals surface area contributed by atoms with Crippen molar-refractivity contribution in [2.75, 3.05) is 18.1 Å². The molecule has 1 heterocycles. The average molecular weight is 470 g/mol. The van der Waals surface area contributed by atoms with Crippen LogP contribution in [0.2, 0.25) is 0 Å². The zero-order valence-corrected chi connectivity index (χ0v) is 20.5. The smallest absolute Gasteiger partial charge is 0.270 e. The molecule has 0 aliphatic carbocycles. The standard InChI is InChI=1S/C26H31NO3S2/c1-3-5-6-7-8-9-18-30-23-14-10-20(11-15-23)19-24-25(28)27(26(31)32-24)21-12-16-22(17-13-21)29-4-2/h10-17,19H,3-9,18H2,1-2H3. The van der Waals surface area contributed by atoms with Gasteiger partial charge in [0.2, 0.25) is 0 Å². The lowest BCUT2D eigenvalue weighted by Crippen LogP contribution is -2.27. The maximum absolute atomic E-state index is 13.0. The second-order valence-electron chi connectivity index (χ2n) is 7.63. The van der Waals surface area contributed by atoms with E-state index in [2.05, 4.69) is 6.92 Å². The van der Waals surface area contributed by atoms with Crippen molar-refractivity contribution < 1.29 is 14.3 Å². The summed E-state index contributed by atoms with van der Waals surface area (Å²) in [4.78, 5) is 15.1. The molecule has 2 aromatic carbocycles. The van der Waals surface area contributed by atoms with Crippen molar-refractivity contribution in [3.63, 3.8) is 0 Å². The van der Waals surface area contributed by atoms with Crippen LogP contribution in [0.5, 0.6) is 11.5 Å². The van der Waals surface area contributed by atoms with Gasteiger partial charge < -0.3 is 9.47 Å². The van der Waals surface area contributed by atoms with Gasteiger partial charge in [-0.3, -0.25) is 9.69 Å². The number of hydrogen-bond donors (Lipinski definition) is 0. The monoisotopic (exact) mass is 469 g/mol. The van der Waals surface area contributed by atoms with Gasteiger partial charge in [-0.1, -0.05) is 75.1 Å². The van der Waals surface area contributed by atoms with Gasteiger partial charge in [-0.05, 0) is 61.4 Å². The Bertz CT molecular complexity index is 923. The molecule has 170 valence electrons. The number of thiocarbonyl (C=S) groups is 1. The van der Waals surface area contributed by atoms with Crippen LogP contribution >= 0.6 is 24.0 Å². The zero-order chi connectivity index (χ0) is 22.8. The van der Waals surface area contributed by atoms with Crippen molar-refractivity contribution in [3.8, 4) is 11.5 Å². The zero-order valence-electron chi connectivity index (χ0n) is 18.8. The van der Waals surface area contributed by atoms with E-state index in [4.69, 9.17) is 21.7 Å². The highest BCUT2D eigenvalue weighted by Crippen LogP contribution is 2.36. The summed E-state index contributed by atoms with van der Waals surface area (Å²) in [6, 6.07) is 15.3. The van der Waals surface area contributed by atoms with Gasteiger partial charge in [-0.25, -0.2) is 0 Å². The largest absolute Gasteiger partial charge is 0.494 e. The topological polar surface area (TPSA) is 38.8 Å². The molecular weight excluding hydrogens is 438 g/mol. The van der Waals surface area contributed by atoms with Gasteiger partial charge >= 0.3 is 0 Å². The molecule has 1 fully saturated rings. The Labute approximate surface area is 201 Å². The van der Waals surface area contributed by atoms with Crippen LogP contribution in [-0.4, -0.2) is 23.4 Å². The summed E-state index contributed by atoms with van der Waals surface area (Å²) in [5, 5.41) is 0. The first kappa shape index (κ1) is 24.3. The fourth-order valence-electron chi connectivity index (χ4n) is 3.43. The summed E-state index contributed by atoms with van der Waals surface area (Å²) < 4.78 is 11.9. The predicted molar refractivity (Wildman–Crippen MR) is 139 cm³/mol. The molecule has 6 heteroatoms. The van der Waals surface area contributed by atoms with Crippen molar-refractivity contribution in [3.05, 3.63) is 59.0 Å². The van der Waals surface area contributed by atoms with Gasteiger partial charge in [-0.15, -0.1) is 0 Å². The van der Waals surface area contributed by atoms with E-state index in [-0.39, 0.29) is 5.91 Å². The lowest BCUT2D eigenvalue weighted by Gasteiger charge is -2.15. The van der Waals surface area contributed by atoms with Crippen molar-refractivity contribution in [1.82, 2.24) is 0 Å². The van der Waals surface area contributed by atoms with E-state index in [0.717, 1.165) is 35.8 Å². The first-order valence-electron chi connectivity index (χ1n) is 11.4. The van der Waals surface area contributed by atoms with Crippen molar-refractivity contribution in [2.45, 2.75) is 52.4 Å². The molecule has 0 spiro atoms. The van der Waals surface area contributed by atoms with Gasteiger partial charge in [0.25, 0.3) is 5.91 Å². The highest BCUT2D eigenvalue weighted by atomic mass is 32.2. The molecule has 1 amide bonds. The predicted octanol–water partition coefficient (Wildman–Crippen LogP) is 7.23. The Morgan fingerprint density at radius 2 is 1.50 bits per heavy atom. The van der Waals surface area contributed by atoms with Crippen LogP contribution in [0.25, 0.3) is 6.08 Å². The number of carbonyl (C=O) groups is 1. The van der Waals surface area contributed by atoms with Gasteiger partial charge in [0.15, 0.2) is 4.32 Å². The number of amides is 1. The minimum Gasteiger partial charge on any atom is -0.494 e. The molecule has 4 nitrogen and oxygen atoms in total. The second kappa shape index (κ2) is 12.7. The highest BCUT2D eigenvalue weighted by molar-refractivity contribution is 8.27. The minimum atomic E-state index is -0.104. The number of ether oxygens (including phenoxy) is 2. The molecule has 3 rings (SSSR count). The number of unbranched alkanes of at least 4 members (excludes halogenated alkanes) is 5. The third-order valence-corrected chi connectivity index (χ3v) is 6.45. The van der Waals surface area contributed by atoms with Gasteiger partial charge in [0, 0.05) is 0 Å². The minimum absolute atomic E-state index is 0.104. The first-order chi connectivity index (χ1) is 15.6. The van der Waals surface area contributed by atoms with Gasteiger partial charge in [0.05, 0.1) is 23.8 Å². The number of thioether (sulfide) groups is 1. The third kappa shape index (κ3) is 6.84. The lowest BCUT2D eigenvalue weighted by atomic mass is 10.1. The summed E-state index contributed by atoms with van der Waals surface area (Å²) in [5.41, 5.74) is 1.70. The molecule has 0 aromatic heterocycles. The molecule has 0 radical (unpaired) electrons.